The third-order valence-electron chi connectivity index (χ3n) is 2.73. The number of hydrogen-bond donors (Lipinski definition) is 1. The first-order valence-corrected chi connectivity index (χ1v) is 6.00. The molecule has 0 heterocycles. The molecule has 0 saturated carbocycles. The van der Waals surface area contributed by atoms with Crippen molar-refractivity contribution in [2.75, 3.05) is 20.1 Å². The first-order chi connectivity index (χ1) is 6.56. The van der Waals surface area contributed by atoms with Crippen LogP contribution in [0.5, 0.6) is 0 Å². The molecule has 1 atom stereocenters. The van der Waals surface area contributed by atoms with Crippen LogP contribution in [0.4, 0.5) is 0 Å². The van der Waals surface area contributed by atoms with Crippen molar-refractivity contribution in [2.24, 2.45) is 11.7 Å². The van der Waals surface area contributed by atoms with E-state index in [1.165, 1.54) is 32.4 Å². The van der Waals surface area contributed by atoms with Crippen molar-refractivity contribution in [1.29, 1.82) is 0 Å². The van der Waals surface area contributed by atoms with E-state index < -0.39 is 0 Å². The zero-order chi connectivity index (χ0) is 11.0. The summed E-state index contributed by atoms with van der Waals surface area (Å²) in [5, 5.41) is 0. The molecule has 0 radical (unpaired) electrons. The van der Waals surface area contributed by atoms with Crippen LogP contribution in [0.15, 0.2) is 0 Å². The number of rotatable bonds is 8. The summed E-state index contributed by atoms with van der Waals surface area (Å²) in [6.07, 6.45) is 4.82. The first-order valence-electron chi connectivity index (χ1n) is 6.00. The van der Waals surface area contributed by atoms with Crippen LogP contribution in [0.3, 0.4) is 0 Å². The van der Waals surface area contributed by atoms with Crippen LogP contribution in [0.1, 0.15) is 46.5 Å². The summed E-state index contributed by atoms with van der Waals surface area (Å²) in [5.41, 5.74) is 5.86. The van der Waals surface area contributed by atoms with Crippen molar-refractivity contribution in [3.05, 3.63) is 0 Å². The van der Waals surface area contributed by atoms with Gasteiger partial charge in [0.15, 0.2) is 0 Å². The molecular formula is C12H28N2. The molecule has 0 aromatic rings. The predicted octanol–water partition coefficient (Wildman–Crippen LogP) is 2.48. The van der Waals surface area contributed by atoms with Gasteiger partial charge in [0.1, 0.15) is 0 Å². The number of nitrogens with zero attached hydrogens (tertiary/aromatic N) is 1. The fourth-order valence-corrected chi connectivity index (χ4v) is 1.42. The molecule has 1 unspecified atom stereocenters. The molecule has 0 aliphatic rings. The Morgan fingerprint density at radius 2 is 1.79 bits per heavy atom. The van der Waals surface area contributed by atoms with Crippen molar-refractivity contribution >= 4 is 0 Å². The van der Waals surface area contributed by atoms with Crippen LogP contribution < -0.4 is 5.73 Å². The van der Waals surface area contributed by atoms with Crippen molar-refractivity contribution < 1.29 is 0 Å². The molecule has 0 aliphatic carbocycles. The van der Waals surface area contributed by atoms with E-state index in [1.807, 2.05) is 0 Å². The summed E-state index contributed by atoms with van der Waals surface area (Å²) in [7, 11) is 2.21. The van der Waals surface area contributed by atoms with E-state index in [-0.39, 0.29) is 0 Å². The summed E-state index contributed by atoms with van der Waals surface area (Å²) in [4.78, 5) is 2.42. The molecule has 2 N–H and O–H groups in total. The Labute approximate surface area is 89.9 Å². The molecule has 0 spiro atoms. The van der Waals surface area contributed by atoms with Gasteiger partial charge >= 0.3 is 0 Å². The molecule has 0 aliphatic heterocycles. The Kier molecular flexibility index (Phi) is 8.20. The Morgan fingerprint density at radius 3 is 2.29 bits per heavy atom. The predicted molar refractivity (Wildman–Crippen MR) is 64.5 cm³/mol. The van der Waals surface area contributed by atoms with E-state index in [4.69, 9.17) is 5.73 Å². The highest BCUT2D eigenvalue weighted by atomic mass is 15.1. The highest BCUT2D eigenvalue weighted by molar-refractivity contribution is 4.61. The minimum absolute atomic E-state index is 0.411. The van der Waals surface area contributed by atoms with Crippen molar-refractivity contribution in [3.63, 3.8) is 0 Å². The Bertz CT molecular complexity index is 123. The molecule has 0 aromatic carbocycles. The van der Waals surface area contributed by atoms with Crippen LogP contribution in [-0.2, 0) is 0 Å². The van der Waals surface area contributed by atoms with Crippen molar-refractivity contribution in [3.8, 4) is 0 Å². The van der Waals surface area contributed by atoms with Crippen LogP contribution in [0.25, 0.3) is 0 Å². The molecular weight excluding hydrogens is 172 g/mol. The maximum Gasteiger partial charge on any atom is 0.00366 e. The SMILES string of the molecule is CCC(N)CCCN(C)CCC(C)C. The Hall–Kier alpha value is -0.0800. The zero-order valence-corrected chi connectivity index (χ0v) is 10.4. The second-order valence-electron chi connectivity index (χ2n) is 4.80. The standard InChI is InChI=1S/C12H28N2/c1-5-12(13)7-6-9-14(4)10-8-11(2)3/h11-12H,5-10,13H2,1-4H3. The monoisotopic (exact) mass is 200 g/mol. The summed E-state index contributed by atoms with van der Waals surface area (Å²) < 4.78 is 0. The highest BCUT2D eigenvalue weighted by Crippen LogP contribution is 2.03. The van der Waals surface area contributed by atoms with Gasteiger partial charge < -0.3 is 10.6 Å². The van der Waals surface area contributed by atoms with E-state index in [0.717, 1.165) is 12.3 Å². The Morgan fingerprint density at radius 1 is 1.14 bits per heavy atom. The van der Waals surface area contributed by atoms with Gasteiger partial charge in [-0.05, 0) is 51.7 Å². The second kappa shape index (κ2) is 8.25. The molecule has 0 amide bonds. The van der Waals surface area contributed by atoms with Gasteiger partial charge in [-0.3, -0.25) is 0 Å². The number of nitrogens with two attached hydrogens (primary N) is 1. The summed E-state index contributed by atoms with van der Waals surface area (Å²) in [6, 6.07) is 0.411. The van der Waals surface area contributed by atoms with Gasteiger partial charge in [0.05, 0.1) is 0 Å². The lowest BCUT2D eigenvalue weighted by Gasteiger charge is -2.18. The smallest absolute Gasteiger partial charge is 0.00366 e. The van der Waals surface area contributed by atoms with Crippen LogP contribution in [0, 0.1) is 5.92 Å². The molecule has 0 rings (SSSR count). The average molecular weight is 200 g/mol. The minimum atomic E-state index is 0.411. The fourth-order valence-electron chi connectivity index (χ4n) is 1.42. The maximum absolute atomic E-state index is 5.86. The van der Waals surface area contributed by atoms with E-state index >= 15 is 0 Å². The summed E-state index contributed by atoms with van der Waals surface area (Å²) in [5.74, 6) is 0.815. The normalized spacial score (nSPS) is 13.9. The van der Waals surface area contributed by atoms with Crippen molar-refractivity contribution in [1.82, 2.24) is 4.90 Å². The maximum atomic E-state index is 5.86. The lowest BCUT2D eigenvalue weighted by Crippen LogP contribution is -2.25. The van der Waals surface area contributed by atoms with E-state index in [1.54, 1.807) is 0 Å². The topological polar surface area (TPSA) is 29.3 Å². The lowest BCUT2D eigenvalue weighted by atomic mass is 10.1. The highest BCUT2D eigenvalue weighted by Gasteiger charge is 2.02. The summed E-state index contributed by atoms with van der Waals surface area (Å²) in [6.45, 7) is 9.13. The van der Waals surface area contributed by atoms with Gasteiger partial charge in [0.2, 0.25) is 0 Å². The van der Waals surface area contributed by atoms with Crippen molar-refractivity contribution in [2.45, 2.75) is 52.5 Å². The van der Waals surface area contributed by atoms with E-state index in [0.29, 0.717) is 6.04 Å². The van der Waals surface area contributed by atoms with Gasteiger partial charge in [-0.15, -0.1) is 0 Å². The number of hydrogen-bond acceptors (Lipinski definition) is 2. The molecule has 0 bridgehead atoms. The molecule has 2 heteroatoms. The van der Waals surface area contributed by atoms with Gasteiger partial charge in [0.25, 0.3) is 0 Å². The molecule has 14 heavy (non-hydrogen) atoms. The van der Waals surface area contributed by atoms with E-state index in [9.17, 15) is 0 Å². The summed E-state index contributed by atoms with van der Waals surface area (Å²) >= 11 is 0. The quantitative estimate of drug-likeness (QED) is 0.652. The molecule has 86 valence electrons. The minimum Gasteiger partial charge on any atom is -0.328 e. The van der Waals surface area contributed by atoms with E-state index in [2.05, 4.69) is 32.7 Å². The Balaban J connectivity index is 3.30. The average Bonchev–Trinajstić information content (AvgIpc) is 2.14. The fraction of sp³-hybridized carbons (Fsp3) is 1.00. The van der Waals surface area contributed by atoms with Crippen LogP contribution in [-0.4, -0.2) is 31.1 Å². The van der Waals surface area contributed by atoms with Gasteiger partial charge in [-0.1, -0.05) is 20.8 Å². The largest absolute Gasteiger partial charge is 0.328 e. The van der Waals surface area contributed by atoms with Gasteiger partial charge in [-0.25, -0.2) is 0 Å². The first kappa shape index (κ1) is 13.9. The van der Waals surface area contributed by atoms with Crippen LogP contribution in [0.2, 0.25) is 0 Å². The second-order valence-corrected chi connectivity index (χ2v) is 4.80. The molecule has 2 nitrogen and oxygen atoms in total. The third kappa shape index (κ3) is 8.52. The van der Waals surface area contributed by atoms with Gasteiger partial charge in [-0.2, -0.15) is 0 Å². The third-order valence-corrected chi connectivity index (χ3v) is 2.73. The van der Waals surface area contributed by atoms with Crippen LogP contribution >= 0.6 is 0 Å². The molecule has 0 saturated heterocycles. The molecule has 0 aromatic heterocycles. The zero-order valence-electron chi connectivity index (χ0n) is 10.4. The van der Waals surface area contributed by atoms with Gasteiger partial charge in [0, 0.05) is 6.04 Å². The molecule has 0 fully saturated rings. The lowest BCUT2D eigenvalue weighted by molar-refractivity contribution is 0.300.